The van der Waals surface area contributed by atoms with Crippen LogP contribution < -0.4 is 11.1 Å². The number of hydrogen-bond donors (Lipinski definition) is 1. The molecule has 3 rings (SSSR count). The van der Waals surface area contributed by atoms with Crippen LogP contribution in [0.2, 0.25) is 0 Å². The van der Waals surface area contributed by atoms with Crippen LogP contribution in [-0.2, 0) is 16.8 Å². The fourth-order valence-electron chi connectivity index (χ4n) is 3.90. The number of hydrogen-bond acceptors (Lipinski definition) is 4. The first-order valence-electron chi connectivity index (χ1n) is 9.40. The highest BCUT2D eigenvalue weighted by Crippen LogP contribution is 2.38. The summed E-state index contributed by atoms with van der Waals surface area (Å²) in [6.07, 6.45) is 5.74. The summed E-state index contributed by atoms with van der Waals surface area (Å²) in [6, 6.07) is 10.4. The van der Waals surface area contributed by atoms with Gasteiger partial charge in [0.25, 0.3) is 0 Å². The molecule has 1 aliphatic rings. The molecule has 1 aromatic carbocycles. The van der Waals surface area contributed by atoms with Gasteiger partial charge in [-0.25, -0.2) is 4.79 Å². The molecule has 6 heteroatoms. The fourth-order valence-corrected chi connectivity index (χ4v) is 3.90. The van der Waals surface area contributed by atoms with E-state index in [-0.39, 0.29) is 23.8 Å². The number of aromatic nitrogens is 2. The maximum absolute atomic E-state index is 12.5. The molecule has 1 fully saturated rings. The van der Waals surface area contributed by atoms with Crippen LogP contribution in [0.3, 0.4) is 0 Å². The SMILES string of the molecule is CC(C)c1noc(=O)n1CC(=O)NCC1(c2ccccc2)CCCCC1. The van der Waals surface area contributed by atoms with Crippen LogP contribution in [0.4, 0.5) is 0 Å². The molecule has 0 spiro atoms. The van der Waals surface area contributed by atoms with E-state index >= 15 is 0 Å². The van der Waals surface area contributed by atoms with Gasteiger partial charge in [0.2, 0.25) is 5.91 Å². The van der Waals surface area contributed by atoms with E-state index in [9.17, 15) is 9.59 Å². The van der Waals surface area contributed by atoms with Crippen LogP contribution >= 0.6 is 0 Å². The highest BCUT2D eigenvalue weighted by Gasteiger charge is 2.34. The Hall–Kier alpha value is -2.37. The zero-order valence-corrected chi connectivity index (χ0v) is 15.5. The second kappa shape index (κ2) is 7.89. The summed E-state index contributed by atoms with van der Waals surface area (Å²) in [4.78, 5) is 24.3. The Morgan fingerprint density at radius 1 is 1.23 bits per heavy atom. The van der Waals surface area contributed by atoms with Crippen molar-refractivity contribution in [1.82, 2.24) is 15.0 Å². The number of rotatable bonds is 6. The summed E-state index contributed by atoms with van der Waals surface area (Å²) in [5, 5.41) is 6.83. The Morgan fingerprint density at radius 3 is 2.58 bits per heavy atom. The molecule has 1 aromatic heterocycles. The molecular formula is C20H27N3O3. The van der Waals surface area contributed by atoms with Crippen molar-refractivity contribution in [3.05, 3.63) is 52.3 Å². The Bertz CT molecular complexity index is 786. The lowest BCUT2D eigenvalue weighted by molar-refractivity contribution is -0.122. The maximum atomic E-state index is 12.5. The number of carbonyl (C=O) groups is 1. The van der Waals surface area contributed by atoms with Gasteiger partial charge in [0, 0.05) is 17.9 Å². The van der Waals surface area contributed by atoms with E-state index < -0.39 is 5.76 Å². The zero-order chi connectivity index (χ0) is 18.6. The van der Waals surface area contributed by atoms with E-state index in [2.05, 4.69) is 34.7 Å². The summed E-state index contributed by atoms with van der Waals surface area (Å²) < 4.78 is 6.03. The number of nitrogens with one attached hydrogen (secondary N) is 1. The van der Waals surface area contributed by atoms with Gasteiger partial charge < -0.3 is 5.32 Å². The predicted octanol–water partition coefficient (Wildman–Crippen LogP) is 2.98. The van der Waals surface area contributed by atoms with E-state index in [4.69, 9.17) is 4.52 Å². The lowest BCUT2D eigenvalue weighted by Crippen LogP contribution is -2.43. The third kappa shape index (κ3) is 3.89. The van der Waals surface area contributed by atoms with Gasteiger partial charge in [-0.15, -0.1) is 0 Å². The number of benzene rings is 1. The van der Waals surface area contributed by atoms with E-state index in [0.717, 1.165) is 12.8 Å². The van der Waals surface area contributed by atoms with Crippen LogP contribution in [-0.4, -0.2) is 22.2 Å². The number of amides is 1. The molecule has 0 saturated heterocycles. The maximum Gasteiger partial charge on any atom is 0.442 e. The molecule has 0 atom stereocenters. The minimum absolute atomic E-state index is 0.0169. The molecule has 1 heterocycles. The first kappa shape index (κ1) is 18.4. The van der Waals surface area contributed by atoms with Crippen molar-refractivity contribution in [3.63, 3.8) is 0 Å². The van der Waals surface area contributed by atoms with E-state index in [0.29, 0.717) is 12.4 Å². The van der Waals surface area contributed by atoms with Gasteiger partial charge in [0.1, 0.15) is 6.54 Å². The Labute approximate surface area is 153 Å². The van der Waals surface area contributed by atoms with Gasteiger partial charge in [-0.1, -0.05) is 68.6 Å². The van der Waals surface area contributed by atoms with Crippen LogP contribution in [0, 0.1) is 0 Å². The third-order valence-corrected chi connectivity index (χ3v) is 5.35. The molecular weight excluding hydrogens is 330 g/mol. The second-order valence-corrected chi connectivity index (χ2v) is 7.53. The highest BCUT2D eigenvalue weighted by atomic mass is 16.5. The van der Waals surface area contributed by atoms with E-state index in [1.54, 1.807) is 0 Å². The van der Waals surface area contributed by atoms with Crippen molar-refractivity contribution in [2.75, 3.05) is 6.54 Å². The first-order valence-corrected chi connectivity index (χ1v) is 9.40. The van der Waals surface area contributed by atoms with Crippen molar-refractivity contribution in [3.8, 4) is 0 Å². The van der Waals surface area contributed by atoms with Crippen LogP contribution in [0.15, 0.2) is 39.6 Å². The van der Waals surface area contributed by atoms with Gasteiger partial charge in [-0.05, 0) is 18.4 Å². The Kier molecular flexibility index (Phi) is 5.59. The molecule has 1 aliphatic carbocycles. The second-order valence-electron chi connectivity index (χ2n) is 7.53. The zero-order valence-electron chi connectivity index (χ0n) is 15.5. The minimum atomic E-state index is -0.584. The lowest BCUT2D eigenvalue weighted by atomic mass is 9.69. The largest absolute Gasteiger partial charge is 0.442 e. The van der Waals surface area contributed by atoms with Crippen LogP contribution in [0.1, 0.15) is 63.3 Å². The molecule has 140 valence electrons. The van der Waals surface area contributed by atoms with Crippen LogP contribution in [0.25, 0.3) is 0 Å². The summed E-state index contributed by atoms with van der Waals surface area (Å²) >= 11 is 0. The minimum Gasteiger partial charge on any atom is -0.354 e. The van der Waals surface area contributed by atoms with Crippen molar-refractivity contribution in [2.45, 2.75) is 63.8 Å². The van der Waals surface area contributed by atoms with Crippen molar-refractivity contribution < 1.29 is 9.32 Å². The summed E-state index contributed by atoms with van der Waals surface area (Å²) in [6.45, 7) is 4.36. The van der Waals surface area contributed by atoms with Crippen molar-refractivity contribution >= 4 is 5.91 Å². The third-order valence-electron chi connectivity index (χ3n) is 5.35. The summed E-state index contributed by atoms with van der Waals surface area (Å²) in [5.41, 5.74) is 1.26. The van der Waals surface area contributed by atoms with Gasteiger partial charge in [-0.3, -0.25) is 13.9 Å². The van der Waals surface area contributed by atoms with Crippen LogP contribution in [0.5, 0.6) is 0 Å². The molecule has 0 unspecified atom stereocenters. The Morgan fingerprint density at radius 2 is 1.92 bits per heavy atom. The predicted molar refractivity (Wildman–Crippen MR) is 99.1 cm³/mol. The monoisotopic (exact) mass is 357 g/mol. The van der Waals surface area contributed by atoms with Gasteiger partial charge in [0.15, 0.2) is 5.82 Å². The summed E-state index contributed by atoms with van der Waals surface area (Å²) in [5.74, 6) is -0.249. The molecule has 6 nitrogen and oxygen atoms in total. The number of nitrogens with zero attached hydrogens (tertiary/aromatic N) is 2. The normalized spacial score (nSPS) is 16.6. The topological polar surface area (TPSA) is 77.1 Å². The van der Waals surface area contributed by atoms with E-state index in [1.165, 1.54) is 29.4 Å². The van der Waals surface area contributed by atoms with Gasteiger partial charge in [-0.2, -0.15) is 0 Å². The Balaban J connectivity index is 1.71. The van der Waals surface area contributed by atoms with Crippen molar-refractivity contribution in [1.29, 1.82) is 0 Å². The molecule has 0 bridgehead atoms. The smallest absolute Gasteiger partial charge is 0.354 e. The quantitative estimate of drug-likeness (QED) is 0.862. The van der Waals surface area contributed by atoms with Crippen molar-refractivity contribution in [2.24, 2.45) is 0 Å². The van der Waals surface area contributed by atoms with E-state index in [1.807, 2.05) is 19.9 Å². The molecule has 0 radical (unpaired) electrons. The first-order chi connectivity index (χ1) is 12.5. The lowest BCUT2D eigenvalue weighted by Gasteiger charge is -2.38. The van der Waals surface area contributed by atoms with Gasteiger partial charge in [0.05, 0.1) is 0 Å². The molecule has 0 aliphatic heterocycles. The molecule has 1 N–H and O–H groups in total. The molecule has 26 heavy (non-hydrogen) atoms. The molecule has 2 aromatic rings. The average molecular weight is 357 g/mol. The fraction of sp³-hybridized carbons (Fsp3) is 0.550. The number of carbonyl (C=O) groups excluding carboxylic acids is 1. The molecule has 1 saturated carbocycles. The highest BCUT2D eigenvalue weighted by molar-refractivity contribution is 5.75. The standard InChI is InChI=1S/C20H27N3O3/c1-15(2)18-22-26-19(25)23(18)13-17(24)21-14-20(11-7-4-8-12-20)16-9-5-3-6-10-16/h3,5-6,9-10,15H,4,7-8,11-14H2,1-2H3,(H,21,24). The summed E-state index contributed by atoms with van der Waals surface area (Å²) in [7, 11) is 0. The van der Waals surface area contributed by atoms with Gasteiger partial charge >= 0.3 is 5.76 Å². The average Bonchev–Trinajstić information content (AvgIpc) is 3.02. The molecule has 1 amide bonds.